The van der Waals surface area contributed by atoms with Crippen LogP contribution in [0.25, 0.3) is 0 Å². The molecule has 3 N–H and O–H groups in total. The molecular formula is C16H19ClNO4S+. The molecule has 124 valence electrons. The summed E-state index contributed by atoms with van der Waals surface area (Å²) in [6, 6.07) is 11.2. The highest BCUT2D eigenvalue weighted by molar-refractivity contribution is 7.91. The molecule has 23 heavy (non-hydrogen) atoms. The van der Waals surface area contributed by atoms with E-state index < -0.39 is 15.1 Å². The number of rotatable bonds is 6. The van der Waals surface area contributed by atoms with Gasteiger partial charge in [0.2, 0.25) is 0 Å². The Morgan fingerprint density at radius 2 is 1.65 bits per heavy atom. The number of quaternary nitrogens is 1. The molecule has 0 spiro atoms. The van der Waals surface area contributed by atoms with E-state index in [1.165, 1.54) is 26.4 Å². The van der Waals surface area contributed by atoms with E-state index in [0.717, 1.165) is 0 Å². The van der Waals surface area contributed by atoms with Gasteiger partial charge in [0.1, 0.15) is 5.25 Å². The summed E-state index contributed by atoms with van der Waals surface area (Å²) in [6.45, 7) is 0.195. The fourth-order valence-corrected chi connectivity index (χ4v) is 4.13. The van der Waals surface area contributed by atoms with Crippen LogP contribution in [0.5, 0.6) is 11.5 Å². The van der Waals surface area contributed by atoms with Gasteiger partial charge >= 0.3 is 0 Å². The largest absolute Gasteiger partial charge is 0.493 e. The molecule has 0 heterocycles. The predicted octanol–water partition coefficient (Wildman–Crippen LogP) is 2.11. The van der Waals surface area contributed by atoms with Crippen LogP contribution in [0.3, 0.4) is 0 Å². The zero-order chi connectivity index (χ0) is 17.0. The highest BCUT2D eigenvalue weighted by Gasteiger charge is 2.30. The summed E-state index contributed by atoms with van der Waals surface area (Å²) in [4.78, 5) is 0.213. The first-order valence-electron chi connectivity index (χ1n) is 6.94. The molecule has 0 bridgehead atoms. The molecule has 0 aliphatic heterocycles. The maximum Gasteiger partial charge on any atom is 0.190 e. The number of ether oxygens (including phenoxy) is 2. The van der Waals surface area contributed by atoms with Crippen molar-refractivity contribution in [2.24, 2.45) is 0 Å². The van der Waals surface area contributed by atoms with E-state index in [4.69, 9.17) is 21.1 Å². The van der Waals surface area contributed by atoms with Crippen LogP contribution in [-0.4, -0.2) is 29.2 Å². The second-order valence-electron chi connectivity index (χ2n) is 4.89. The third kappa shape index (κ3) is 3.60. The molecule has 2 rings (SSSR count). The molecule has 7 heteroatoms. The second kappa shape index (κ2) is 7.21. The zero-order valence-corrected chi connectivity index (χ0v) is 14.5. The average molecular weight is 357 g/mol. The lowest BCUT2D eigenvalue weighted by molar-refractivity contribution is -0.367. The van der Waals surface area contributed by atoms with Gasteiger partial charge in [0, 0.05) is 5.02 Å². The van der Waals surface area contributed by atoms with Gasteiger partial charge in [-0.1, -0.05) is 17.7 Å². The molecule has 0 aromatic heterocycles. The van der Waals surface area contributed by atoms with E-state index in [9.17, 15) is 8.42 Å². The van der Waals surface area contributed by atoms with E-state index in [1.807, 2.05) is 0 Å². The van der Waals surface area contributed by atoms with Gasteiger partial charge in [-0.05, 0) is 42.0 Å². The maximum absolute atomic E-state index is 12.9. The molecule has 0 aliphatic rings. The van der Waals surface area contributed by atoms with Crippen LogP contribution in [0.1, 0.15) is 10.8 Å². The topological polar surface area (TPSA) is 80.2 Å². The lowest BCUT2D eigenvalue weighted by Gasteiger charge is -2.17. The Hall–Kier alpha value is -1.76. The van der Waals surface area contributed by atoms with Gasteiger partial charge in [-0.25, -0.2) is 8.42 Å². The van der Waals surface area contributed by atoms with Gasteiger partial charge in [0.25, 0.3) is 0 Å². The molecule has 2 aromatic rings. The third-order valence-corrected chi connectivity index (χ3v) is 6.00. The monoisotopic (exact) mass is 356 g/mol. The zero-order valence-electron chi connectivity index (χ0n) is 13.0. The maximum atomic E-state index is 12.9. The van der Waals surface area contributed by atoms with Crippen LogP contribution in [0.2, 0.25) is 5.02 Å². The quantitative estimate of drug-likeness (QED) is 0.859. The Labute approximate surface area is 140 Å². The molecular weight excluding hydrogens is 338 g/mol. The molecule has 1 atom stereocenters. The summed E-state index contributed by atoms with van der Waals surface area (Å²) < 4.78 is 36.2. The van der Waals surface area contributed by atoms with Crippen molar-refractivity contribution in [2.75, 3.05) is 20.8 Å². The molecule has 0 amide bonds. The Bertz CT molecular complexity index is 775. The first-order valence-corrected chi connectivity index (χ1v) is 8.87. The third-order valence-electron chi connectivity index (χ3n) is 3.56. The number of hydrogen-bond acceptors (Lipinski definition) is 4. The number of hydrogen-bond donors (Lipinski definition) is 1. The minimum absolute atomic E-state index is 0.195. The fraction of sp³-hybridized carbons (Fsp3) is 0.250. The molecule has 0 aliphatic carbocycles. The number of halogens is 1. The Balaban J connectivity index is 2.48. The van der Waals surface area contributed by atoms with E-state index in [1.54, 1.807) is 30.3 Å². The van der Waals surface area contributed by atoms with E-state index in [0.29, 0.717) is 22.1 Å². The van der Waals surface area contributed by atoms with Crippen LogP contribution in [0, 0.1) is 0 Å². The van der Waals surface area contributed by atoms with Gasteiger partial charge < -0.3 is 15.2 Å². The molecule has 2 aromatic carbocycles. The van der Waals surface area contributed by atoms with Gasteiger partial charge in [-0.3, -0.25) is 0 Å². The lowest BCUT2D eigenvalue weighted by atomic mass is 10.1. The number of sulfone groups is 1. The lowest BCUT2D eigenvalue weighted by Crippen LogP contribution is -2.54. The van der Waals surface area contributed by atoms with Gasteiger partial charge in [-0.2, -0.15) is 0 Å². The average Bonchev–Trinajstić information content (AvgIpc) is 2.55. The molecule has 0 saturated carbocycles. The van der Waals surface area contributed by atoms with Crippen LogP contribution < -0.4 is 15.2 Å². The minimum atomic E-state index is -3.58. The molecule has 0 unspecified atom stereocenters. The standard InChI is InChI=1S/C16H18ClNO4S/c1-21-14-8-3-11(9-15(14)22-2)16(10-18)23(19,20)13-6-4-12(17)5-7-13/h3-9,16H,10,18H2,1-2H3/p+1/t16-/m1/s1. The fourth-order valence-electron chi connectivity index (χ4n) is 2.34. The summed E-state index contributed by atoms with van der Waals surface area (Å²) in [5.41, 5.74) is 4.40. The van der Waals surface area contributed by atoms with Gasteiger partial charge in [-0.15, -0.1) is 0 Å². The molecule has 0 fully saturated rings. The van der Waals surface area contributed by atoms with Crippen molar-refractivity contribution in [3.8, 4) is 11.5 Å². The predicted molar refractivity (Wildman–Crippen MR) is 88.7 cm³/mol. The van der Waals surface area contributed by atoms with Crippen molar-refractivity contribution in [3.05, 3.63) is 53.1 Å². The van der Waals surface area contributed by atoms with Crippen molar-refractivity contribution >= 4 is 21.4 Å². The molecule has 0 radical (unpaired) electrons. The number of benzene rings is 2. The Morgan fingerprint density at radius 3 is 2.17 bits per heavy atom. The molecule has 5 nitrogen and oxygen atoms in total. The van der Waals surface area contributed by atoms with Crippen molar-refractivity contribution in [2.45, 2.75) is 10.1 Å². The van der Waals surface area contributed by atoms with E-state index in [2.05, 4.69) is 5.73 Å². The van der Waals surface area contributed by atoms with Crippen LogP contribution >= 0.6 is 11.6 Å². The minimum Gasteiger partial charge on any atom is -0.493 e. The van der Waals surface area contributed by atoms with Gasteiger partial charge in [0.05, 0.1) is 25.7 Å². The van der Waals surface area contributed by atoms with Crippen LogP contribution in [0.15, 0.2) is 47.4 Å². The van der Waals surface area contributed by atoms with E-state index >= 15 is 0 Å². The van der Waals surface area contributed by atoms with E-state index in [-0.39, 0.29) is 11.4 Å². The number of methoxy groups -OCH3 is 2. The first kappa shape index (κ1) is 17.6. The Kier molecular flexibility index (Phi) is 5.51. The van der Waals surface area contributed by atoms with Gasteiger partial charge in [0.15, 0.2) is 21.3 Å². The van der Waals surface area contributed by atoms with Crippen LogP contribution in [0.4, 0.5) is 0 Å². The normalized spacial score (nSPS) is 12.7. The smallest absolute Gasteiger partial charge is 0.190 e. The van der Waals surface area contributed by atoms with Crippen molar-refractivity contribution < 1.29 is 23.6 Å². The second-order valence-corrected chi connectivity index (χ2v) is 7.46. The highest BCUT2D eigenvalue weighted by Crippen LogP contribution is 2.34. The summed E-state index contributed by atoms with van der Waals surface area (Å²) in [6.07, 6.45) is 0. The summed E-state index contributed by atoms with van der Waals surface area (Å²) >= 11 is 5.83. The summed E-state index contributed by atoms with van der Waals surface area (Å²) in [7, 11) is -0.546. The SMILES string of the molecule is COc1ccc([C@@H](C[NH3+])S(=O)(=O)c2ccc(Cl)cc2)cc1OC. The van der Waals surface area contributed by atoms with Crippen molar-refractivity contribution in [1.82, 2.24) is 0 Å². The Morgan fingerprint density at radius 1 is 1.04 bits per heavy atom. The summed E-state index contributed by atoms with van der Waals surface area (Å²) in [5.74, 6) is 1.03. The summed E-state index contributed by atoms with van der Waals surface area (Å²) in [5, 5.41) is -0.287. The molecule has 0 saturated heterocycles. The van der Waals surface area contributed by atoms with Crippen molar-refractivity contribution in [3.63, 3.8) is 0 Å². The van der Waals surface area contributed by atoms with Crippen LogP contribution in [-0.2, 0) is 9.84 Å². The highest BCUT2D eigenvalue weighted by atomic mass is 35.5. The first-order chi connectivity index (χ1) is 10.9. The van der Waals surface area contributed by atoms with Crippen molar-refractivity contribution in [1.29, 1.82) is 0 Å².